The summed E-state index contributed by atoms with van der Waals surface area (Å²) in [5.74, 6) is 2.06. The highest BCUT2D eigenvalue weighted by molar-refractivity contribution is 5.85. The summed E-state index contributed by atoms with van der Waals surface area (Å²) in [7, 11) is 0. The van der Waals surface area contributed by atoms with Crippen LogP contribution in [0.2, 0.25) is 0 Å². The highest BCUT2D eigenvalue weighted by atomic mass is 16.5. The summed E-state index contributed by atoms with van der Waals surface area (Å²) in [6, 6.07) is 16.4. The molecule has 0 aromatic heterocycles. The van der Waals surface area contributed by atoms with E-state index in [0.29, 0.717) is 12.2 Å². The van der Waals surface area contributed by atoms with Gasteiger partial charge in [-0.2, -0.15) is 0 Å². The Bertz CT molecular complexity index is 770. The molecule has 1 unspecified atom stereocenters. The van der Waals surface area contributed by atoms with E-state index < -0.39 is 0 Å². The molecule has 1 aliphatic rings. The van der Waals surface area contributed by atoms with Crippen molar-refractivity contribution in [2.24, 2.45) is 0 Å². The van der Waals surface area contributed by atoms with Gasteiger partial charge in [0.15, 0.2) is 0 Å². The highest BCUT2D eigenvalue weighted by Crippen LogP contribution is 2.27. The van der Waals surface area contributed by atoms with Crippen molar-refractivity contribution < 1.29 is 14.3 Å². The Morgan fingerprint density at radius 3 is 2.38 bits per heavy atom. The van der Waals surface area contributed by atoms with Crippen molar-refractivity contribution in [1.82, 2.24) is 0 Å². The fraction of sp³-hybridized carbons (Fsp3) is 0.480. The molecule has 4 nitrogen and oxygen atoms in total. The summed E-state index contributed by atoms with van der Waals surface area (Å²) in [5, 5.41) is 0. The first-order valence-corrected chi connectivity index (χ1v) is 10.9. The lowest BCUT2D eigenvalue weighted by Crippen LogP contribution is -2.24. The van der Waals surface area contributed by atoms with Crippen LogP contribution in [0.4, 0.5) is 5.69 Å². The molecular formula is C25H33NO3. The second-order valence-electron chi connectivity index (χ2n) is 7.82. The predicted molar refractivity (Wildman–Crippen MR) is 118 cm³/mol. The number of Topliss-reactive ketones (excluding diaryl/α,β-unsaturated/α-hetero) is 1. The Morgan fingerprint density at radius 2 is 1.72 bits per heavy atom. The normalized spacial score (nSPS) is 17.2. The molecule has 1 fully saturated rings. The molecule has 0 saturated carbocycles. The number of rotatable bonds is 10. The monoisotopic (exact) mass is 395 g/mol. The first-order chi connectivity index (χ1) is 14.1. The molecule has 1 aliphatic heterocycles. The van der Waals surface area contributed by atoms with E-state index in [9.17, 15) is 4.79 Å². The number of ketones is 1. The molecule has 1 heterocycles. The van der Waals surface area contributed by atoms with Gasteiger partial charge >= 0.3 is 0 Å². The standard InChI is InChI=1S/C25H33NO3/c1-4-6-25(27)19(3)20-7-11-23(12-8-20)29-24-15-16-26(18-24)21-9-13-22(14-10-21)28-17-5-2/h7-14,19,24H,4-6,15-18H2,1-3H3/t19?,24-/m1/s1. The van der Waals surface area contributed by atoms with Gasteiger partial charge in [-0.05, 0) is 54.8 Å². The summed E-state index contributed by atoms with van der Waals surface area (Å²) in [4.78, 5) is 14.5. The summed E-state index contributed by atoms with van der Waals surface area (Å²) in [5.41, 5.74) is 2.27. The lowest BCUT2D eigenvalue weighted by molar-refractivity contribution is -0.120. The smallest absolute Gasteiger partial charge is 0.140 e. The zero-order valence-electron chi connectivity index (χ0n) is 17.9. The third-order valence-corrected chi connectivity index (χ3v) is 5.48. The number of ether oxygens (including phenoxy) is 2. The molecule has 0 N–H and O–H groups in total. The molecule has 0 aliphatic carbocycles. The van der Waals surface area contributed by atoms with E-state index in [1.807, 2.05) is 50.2 Å². The summed E-state index contributed by atoms with van der Waals surface area (Å²) < 4.78 is 11.9. The van der Waals surface area contributed by atoms with E-state index in [4.69, 9.17) is 9.47 Å². The Kier molecular flexibility index (Phi) is 7.56. The largest absolute Gasteiger partial charge is 0.494 e. The van der Waals surface area contributed by atoms with Crippen molar-refractivity contribution in [3.05, 3.63) is 54.1 Å². The minimum atomic E-state index is -0.0461. The Labute approximate surface area is 174 Å². The quantitative estimate of drug-likeness (QED) is 0.524. The summed E-state index contributed by atoms with van der Waals surface area (Å²) in [6.45, 7) is 8.76. The van der Waals surface area contributed by atoms with Crippen LogP contribution in [0.25, 0.3) is 0 Å². The van der Waals surface area contributed by atoms with Crippen molar-refractivity contribution in [2.75, 3.05) is 24.6 Å². The number of hydrogen-bond donors (Lipinski definition) is 0. The molecule has 0 radical (unpaired) electrons. The van der Waals surface area contributed by atoms with Crippen LogP contribution in [0.3, 0.4) is 0 Å². The van der Waals surface area contributed by atoms with E-state index in [0.717, 1.165) is 56.0 Å². The van der Waals surface area contributed by atoms with Gasteiger partial charge in [-0.25, -0.2) is 0 Å². The first-order valence-electron chi connectivity index (χ1n) is 10.9. The minimum absolute atomic E-state index is 0.0461. The van der Waals surface area contributed by atoms with Crippen LogP contribution >= 0.6 is 0 Å². The van der Waals surface area contributed by atoms with E-state index >= 15 is 0 Å². The molecule has 0 bridgehead atoms. The van der Waals surface area contributed by atoms with Crippen LogP contribution in [0.15, 0.2) is 48.5 Å². The molecule has 3 rings (SSSR count). The molecule has 2 aromatic carbocycles. The van der Waals surface area contributed by atoms with Gasteiger partial charge in [-0.1, -0.05) is 32.9 Å². The molecule has 156 valence electrons. The zero-order chi connectivity index (χ0) is 20.6. The van der Waals surface area contributed by atoms with Crippen molar-refractivity contribution >= 4 is 11.5 Å². The average Bonchev–Trinajstić information content (AvgIpc) is 3.21. The van der Waals surface area contributed by atoms with Crippen LogP contribution in [0.5, 0.6) is 11.5 Å². The number of nitrogens with zero attached hydrogens (tertiary/aromatic N) is 1. The predicted octanol–water partition coefficient (Wildman–Crippen LogP) is 5.61. The van der Waals surface area contributed by atoms with Gasteiger partial charge in [0.25, 0.3) is 0 Å². The van der Waals surface area contributed by atoms with Crippen LogP contribution in [0, 0.1) is 0 Å². The van der Waals surface area contributed by atoms with Gasteiger partial charge in [0.2, 0.25) is 0 Å². The number of carbonyl (C=O) groups excluding carboxylic acids is 1. The molecule has 0 amide bonds. The van der Waals surface area contributed by atoms with Gasteiger partial charge in [-0.15, -0.1) is 0 Å². The van der Waals surface area contributed by atoms with Crippen LogP contribution in [0.1, 0.15) is 57.9 Å². The van der Waals surface area contributed by atoms with Crippen LogP contribution in [-0.4, -0.2) is 31.6 Å². The van der Waals surface area contributed by atoms with Gasteiger partial charge in [0.05, 0.1) is 13.2 Å². The van der Waals surface area contributed by atoms with Crippen molar-refractivity contribution in [3.8, 4) is 11.5 Å². The first kappa shape index (κ1) is 21.2. The lowest BCUT2D eigenvalue weighted by Gasteiger charge is -2.20. The molecule has 1 saturated heterocycles. The van der Waals surface area contributed by atoms with Gasteiger partial charge < -0.3 is 14.4 Å². The molecular weight excluding hydrogens is 362 g/mol. The SMILES string of the molecule is CCCOc1ccc(N2CC[C@@H](Oc3ccc(C(C)C(=O)CCC)cc3)C2)cc1. The van der Waals surface area contributed by atoms with Crippen molar-refractivity contribution in [3.63, 3.8) is 0 Å². The fourth-order valence-corrected chi connectivity index (χ4v) is 3.71. The number of hydrogen-bond acceptors (Lipinski definition) is 4. The lowest BCUT2D eigenvalue weighted by atomic mass is 9.94. The van der Waals surface area contributed by atoms with E-state index in [1.54, 1.807) is 0 Å². The third-order valence-electron chi connectivity index (χ3n) is 5.48. The molecule has 4 heteroatoms. The maximum absolute atomic E-state index is 12.1. The Balaban J connectivity index is 1.52. The minimum Gasteiger partial charge on any atom is -0.494 e. The maximum Gasteiger partial charge on any atom is 0.140 e. The molecule has 0 spiro atoms. The molecule has 2 aromatic rings. The fourth-order valence-electron chi connectivity index (χ4n) is 3.71. The van der Waals surface area contributed by atoms with E-state index in [1.165, 1.54) is 5.69 Å². The second kappa shape index (κ2) is 10.3. The molecule has 2 atom stereocenters. The van der Waals surface area contributed by atoms with E-state index in [2.05, 4.69) is 24.0 Å². The van der Waals surface area contributed by atoms with Crippen molar-refractivity contribution in [2.45, 2.75) is 58.5 Å². The topological polar surface area (TPSA) is 38.8 Å². The summed E-state index contributed by atoms with van der Waals surface area (Å²) >= 11 is 0. The van der Waals surface area contributed by atoms with E-state index in [-0.39, 0.29) is 12.0 Å². The van der Waals surface area contributed by atoms with Gasteiger partial charge in [-0.3, -0.25) is 4.79 Å². The Hall–Kier alpha value is -2.49. The second-order valence-corrected chi connectivity index (χ2v) is 7.82. The zero-order valence-corrected chi connectivity index (χ0v) is 17.9. The summed E-state index contributed by atoms with van der Waals surface area (Å²) in [6.07, 6.45) is 3.74. The maximum atomic E-state index is 12.1. The van der Waals surface area contributed by atoms with Crippen LogP contribution in [-0.2, 0) is 4.79 Å². The van der Waals surface area contributed by atoms with Gasteiger partial charge in [0.1, 0.15) is 23.4 Å². The average molecular weight is 396 g/mol. The van der Waals surface area contributed by atoms with Crippen LogP contribution < -0.4 is 14.4 Å². The van der Waals surface area contributed by atoms with Crippen molar-refractivity contribution in [1.29, 1.82) is 0 Å². The number of benzene rings is 2. The number of carbonyl (C=O) groups is 1. The number of anilines is 1. The highest BCUT2D eigenvalue weighted by Gasteiger charge is 2.24. The van der Waals surface area contributed by atoms with Gasteiger partial charge in [0, 0.05) is 31.0 Å². The molecule has 29 heavy (non-hydrogen) atoms. The Morgan fingerprint density at radius 1 is 1.03 bits per heavy atom. The third kappa shape index (κ3) is 5.75.